The molecule has 0 bridgehead atoms. The van der Waals surface area contributed by atoms with Gasteiger partial charge in [-0.2, -0.15) is 0 Å². The third kappa shape index (κ3) is 2.69. The molecule has 0 fully saturated rings. The number of halogens is 1. The number of allylic oxidation sites excluding steroid dienone is 1. The summed E-state index contributed by atoms with van der Waals surface area (Å²) in [6.45, 7) is 0. The van der Waals surface area contributed by atoms with Gasteiger partial charge in [0, 0.05) is 4.47 Å². The summed E-state index contributed by atoms with van der Waals surface area (Å²) in [7, 11) is -2.88. The molecule has 0 radical (unpaired) electrons. The van der Waals surface area contributed by atoms with Gasteiger partial charge in [0.2, 0.25) is 0 Å². The Balaban J connectivity index is 2.36. The van der Waals surface area contributed by atoms with Crippen molar-refractivity contribution < 1.29 is 8.42 Å². The van der Waals surface area contributed by atoms with E-state index in [4.69, 9.17) is 0 Å². The van der Waals surface area contributed by atoms with E-state index in [1.807, 2.05) is 30.3 Å². The zero-order valence-corrected chi connectivity index (χ0v) is 10.5. The van der Waals surface area contributed by atoms with Crippen LogP contribution in [0.3, 0.4) is 0 Å². The summed E-state index contributed by atoms with van der Waals surface area (Å²) < 4.78 is 23.9. The first-order valence-corrected chi connectivity index (χ1v) is 7.34. The van der Waals surface area contributed by atoms with E-state index < -0.39 is 9.84 Å². The molecule has 15 heavy (non-hydrogen) atoms. The highest BCUT2D eigenvalue weighted by Gasteiger charge is 2.18. The van der Waals surface area contributed by atoms with Crippen LogP contribution in [0.2, 0.25) is 0 Å². The highest BCUT2D eigenvalue weighted by molar-refractivity contribution is 9.10. The second kappa shape index (κ2) is 4.10. The Kier molecular flexibility index (Phi) is 2.98. The van der Waals surface area contributed by atoms with Gasteiger partial charge in [-0.15, -0.1) is 0 Å². The van der Waals surface area contributed by atoms with E-state index in [1.54, 1.807) is 0 Å². The Labute approximate surface area is 98.1 Å². The molecule has 0 unspecified atom stereocenters. The Morgan fingerprint density at radius 1 is 1.27 bits per heavy atom. The zero-order chi connectivity index (χ0) is 10.9. The van der Waals surface area contributed by atoms with Gasteiger partial charge in [-0.25, -0.2) is 8.42 Å². The van der Waals surface area contributed by atoms with Crippen LogP contribution in [0, 0.1) is 0 Å². The van der Waals surface area contributed by atoms with Crippen molar-refractivity contribution in [3.05, 3.63) is 40.4 Å². The number of hydrogen-bond acceptors (Lipinski definition) is 2. The standard InChI is InChI=1S/C11H11BrO2S/c12-11-5-1-3-9(7-11)10-4-2-6-15(13,14)8-10/h1,3-5,7H,2,6,8H2. The van der Waals surface area contributed by atoms with Gasteiger partial charge >= 0.3 is 0 Å². The monoisotopic (exact) mass is 286 g/mol. The van der Waals surface area contributed by atoms with Crippen molar-refractivity contribution in [2.24, 2.45) is 0 Å². The predicted molar refractivity (Wildman–Crippen MR) is 65.4 cm³/mol. The van der Waals surface area contributed by atoms with Crippen LogP contribution < -0.4 is 0 Å². The minimum Gasteiger partial charge on any atom is -0.228 e. The highest BCUT2D eigenvalue weighted by atomic mass is 79.9. The third-order valence-corrected chi connectivity index (χ3v) is 4.49. The molecule has 0 N–H and O–H groups in total. The Bertz CT molecular complexity index is 503. The Hall–Kier alpha value is -0.610. The van der Waals surface area contributed by atoms with E-state index in [0.29, 0.717) is 6.42 Å². The normalized spacial score (nSPS) is 19.7. The topological polar surface area (TPSA) is 34.1 Å². The van der Waals surface area contributed by atoms with Crippen molar-refractivity contribution in [2.75, 3.05) is 11.5 Å². The summed E-state index contributed by atoms with van der Waals surface area (Å²) in [5.74, 6) is 0.452. The summed E-state index contributed by atoms with van der Waals surface area (Å²) in [6.07, 6.45) is 2.65. The number of sulfone groups is 1. The summed E-state index contributed by atoms with van der Waals surface area (Å²) in [5.41, 5.74) is 1.91. The fourth-order valence-electron chi connectivity index (χ4n) is 1.67. The van der Waals surface area contributed by atoms with Crippen LogP contribution in [0.25, 0.3) is 5.57 Å². The lowest BCUT2D eigenvalue weighted by Gasteiger charge is -2.13. The molecule has 2 nitrogen and oxygen atoms in total. The second-order valence-electron chi connectivity index (χ2n) is 3.62. The minimum absolute atomic E-state index is 0.170. The molecule has 0 saturated carbocycles. The molecule has 0 spiro atoms. The van der Waals surface area contributed by atoms with Crippen LogP contribution in [-0.4, -0.2) is 19.9 Å². The molecular weight excluding hydrogens is 276 g/mol. The molecule has 1 aliphatic heterocycles. The molecular formula is C11H11BrO2S. The lowest BCUT2D eigenvalue weighted by molar-refractivity contribution is 0.598. The molecule has 0 atom stereocenters. The van der Waals surface area contributed by atoms with Crippen LogP contribution in [-0.2, 0) is 9.84 Å². The maximum atomic E-state index is 11.5. The predicted octanol–water partition coefficient (Wildman–Crippen LogP) is 2.65. The average Bonchev–Trinajstić information content (AvgIpc) is 2.16. The van der Waals surface area contributed by atoms with Crippen LogP contribution in [0.15, 0.2) is 34.8 Å². The molecule has 80 valence electrons. The van der Waals surface area contributed by atoms with Gasteiger partial charge in [0.15, 0.2) is 9.84 Å². The first-order valence-electron chi connectivity index (χ1n) is 4.72. The quantitative estimate of drug-likeness (QED) is 0.795. The summed E-state index contributed by atoms with van der Waals surface area (Å²) >= 11 is 3.38. The van der Waals surface area contributed by atoms with Gasteiger partial charge in [0.05, 0.1) is 11.5 Å². The molecule has 2 rings (SSSR count). The SMILES string of the molecule is O=S1(=O)CCC=C(c2cccc(Br)c2)C1. The van der Waals surface area contributed by atoms with Gasteiger partial charge < -0.3 is 0 Å². The molecule has 0 aromatic heterocycles. The third-order valence-electron chi connectivity index (χ3n) is 2.39. The molecule has 1 aromatic carbocycles. The summed E-state index contributed by atoms with van der Waals surface area (Å²) in [4.78, 5) is 0. The van der Waals surface area contributed by atoms with Gasteiger partial charge in [0.1, 0.15) is 0 Å². The average molecular weight is 287 g/mol. The van der Waals surface area contributed by atoms with E-state index in [0.717, 1.165) is 15.6 Å². The first-order chi connectivity index (χ1) is 7.07. The van der Waals surface area contributed by atoms with Crippen LogP contribution in [0.5, 0.6) is 0 Å². The fourth-order valence-corrected chi connectivity index (χ4v) is 3.45. The van der Waals surface area contributed by atoms with E-state index >= 15 is 0 Å². The van der Waals surface area contributed by atoms with Gasteiger partial charge in [-0.1, -0.05) is 34.1 Å². The molecule has 0 amide bonds. The van der Waals surface area contributed by atoms with E-state index in [9.17, 15) is 8.42 Å². The maximum Gasteiger partial charge on any atom is 0.154 e. The van der Waals surface area contributed by atoms with Gasteiger partial charge in [0.25, 0.3) is 0 Å². The van der Waals surface area contributed by atoms with Gasteiger partial charge in [-0.05, 0) is 29.7 Å². The molecule has 0 aliphatic carbocycles. The molecule has 0 saturated heterocycles. The molecule has 1 heterocycles. The van der Waals surface area contributed by atoms with Crippen molar-refractivity contribution in [3.8, 4) is 0 Å². The lowest BCUT2D eigenvalue weighted by atomic mass is 10.1. The second-order valence-corrected chi connectivity index (χ2v) is 6.72. The molecule has 1 aromatic rings. The highest BCUT2D eigenvalue weighted by Crippen LogP contribution is 2.24. The van der Waals surface area contributed by atoms with E-state index in [2.05, 4.69) is 15.9 Å². The lowest BCUT2D eigenvalue weighted by Crippen LogP contribution is -2.16. The van der Waals surface area contributed by atoms with Crippen molar-refractivity contribution in [2.45, 2.75) is 6.42 Å². The van der Waals surface area contributed by atoms with Crippen molar-refractivity contribution >= 4 is 31.3 Å². The zero-order valence-electron chi connectivity index (χ0n) is 8.11. The van der Waals surface area contributed by atoms with Crippen molar-refractivity contribution in [1.82, 2.24) is 0 Å². The molecule has 4 heteroatoms. The van der Waals surface area contributed by atoms with Crippen LogP contribution >= 0.6 is 15.9 Å². The van der Waals surface area contributed by atoms with E-state index in [-0.39, 0.29) is 11.5 Å². The number of rotatable bonds is 1. The number of benzene rings is 1. The van der Waals surface area contributed by atoms with E-state index in [1.165, 1.54) is 0 Å². The molecule has 1 aliphatic rings. The van der Waals surface area contributed by atoms with Crippen LogP contribution in [0.4, 0.5) is 0 Å². The Morgan fingerprint density at radius 3 is 2.73 bits per heavy atom. The summed E-state index contributed by atoms with van der Waals surface area (Å²) in [6, 6.07) is 7.74. The smallest absolute Gasteiger partial charge is 0.154 e. The van der Waals surface area contributed by atoms with Crippen molar-refractivity contribution in [3.63, 3.8) is 0 Å². The maximum absolute atomic E-state index is 11.5. The van der Waals surface area contributed by atoms with Gasteiger partial charge in [-0.3, -0.25) is 0 Å². The van der Waals surface area contributed by atoms with Crippen molar-refractivity contribution in [1.29, 1.82) is 0 Å². The fraction of sp³-hybridized carbons (Fsp3) is 0.273. The first kappa shape index (κ1) is 10.9. The summed E-state index contributed by atoms with van der Waals surface area (Å²) in [5, 5.41) is 0. The Morgan fingerprint density at radius 2 is 2.07 bits per heavy atom. The largest absolute Gasteiger partial charge is 0.228 e. The minimum atomic E-state index is -2.88. The number of hydrogen-bond donors (Lipinski definition) is 0. The van der Waals surface area contributed by atoms with Crippen LogP contribution in [0.1, 0.15) is 12.0 Å².